The first-order valence-electron chi connectivity index (χ1n) is 6.61. The Morgan fingerprint density at radius 3 is 2.90 bits per heavy atom. The van der Waals surface area contributed by atoms with Gasteiger partial charge in [-0.1, -0.05) is 30.3 Å². The summed E-state index contributed by atoms with van der Waals surface area (Å²) in [5.41, 5.74) is 3.18. The van der Waals surface area contributed by atoms with Crippen LogP contribution in [0.2, 0.25) is 0 Å². The smallest absolute Gasteiger partial charge is 0.246 e. The molecule has 1 aliphatic rings. The summed E-state index contributed by atoms with van der Waals surface area (Å²) < 4.78 is 1.11. The van der Waals surface area contributed by atoms with Crippen LogP contribution in [0, 0.1) is 3.57 Å². The summed E-state index contributed by atoms with van der Waals surface area (Å²) in [6, 6.07) is 15.7. The van der Waals surface area contributed by atoms with Gasteiger partial charge in [0.1, 0.15) is 6.04 Å². The third-order valence-electron chi connectivity index (χ3n) is 3.46. The number of amides is 1. The quantitative estimate of drug-likeness (QED) is 0.789. The third-order valence-corrected chi connectivity index (χ3v) is 4.13. The number of hydrogen-bond acceptors (Lipinski definition) is 2. The highest BCUT2D eigenvalue weighted by atomic mass is 127. The Balaban J connectivity index is 1.82. The first-order chi connectivity index (χ1) is 9.74. The molecule has 0 saturated carbocycles. The molecule has 102 valence electrons. The molecule has 0 fully saturated rings. The average Bonchev–Trinajstić information content (AvgIpc) is 2.46. The zero-order chi connectivity index (χ0) is 13.9. The zero-order valence-electron chi connectivity index (χ0n) is 10.9. The molecule has 4 heteroatoms. The van der Waals surface area contributed by atoms with E-state index >= 15 is 0 Å². The molecule has 2 aromatic rings. The van der Waals surface area contributed by atoms with E-state index in [1.165, 1.54) is 5.56 Å². The van der Waals surface area contributed by atoms with Crippen molar-refractivity contribution >= 4 is 34.2 Å². The van der Waals surface area contributed by atoms with Gasteiger partial charge in [0.25, 0.3) is 0 Å². The highest BCUT2D eigenvalue weighted by Gasteiger charge is 2.25. The minimum atomic E-state index is -0.266. The third kappa shape index (κ3) is 2.86. The van der Waals surface area contributed by atoms with Gasteiger partial charge in [-0.15, -0.1) is 0 Å². The topological polar surface area (TPSA) is 41.1 Å². The lowest BCUT2D eigenvalue weighted by Gasteiger charge is -2.26. The first kappa shape index (κ1) is 13.6. The van der Waals surface area contributed by atoms with E-state index in [0.29, 0.717) is 0 Å². The molecule has 1 unspecified atom stereocenters. The van der Waals surface area contributed by atoms with E-state index in [9.17, 15) is 4.79 Å². The van der Waals surface area contributed by atoms with Crippen LogP contribution in [0.4, 0.5) is 5.69 Å². The molecule has 0 saturated heterocycles. The van der Waals surface area contributed by atoms with Crippen LogP contribution in [0.1, 0.15) is 17.2 Å². The summed E-state index contributed by atoms with van der Waals surface area (Å²) in [4.78, 5) is 12.5. The van der Waals surface area contributed by atoms with Gasteiger partial charge in [-0.05, 0) is 58.3 Å². The lowest BCUT2D eigenvalue weighted by atomic mass is 9.94. The minimum Gasteiger partial charge on any atom is -0.324 e. The fourth-order valence-electron chi connectivity index (χ4n) is 2.52. The molecule has 3 nitrogen and oxygen atoms in total. The zero-order valence-corrected chi connectivity index (χ0v) is 13.1. The average molecular weight is 378 g/mol. The van der Waals surface area contributed by atoms with Crippen LogP contribution in [0.3, 0.4) is 0 Å². The molecule has 0 spiro atoms. The van der Waals surface area contributed by atoms with Crippen LogP contribution >= 0.6 is 22.6 Å². The van der Waals surface area contributed by atoms with E-state index in [0.717, 1.165) is 27.8 Å². The molecule has 0 bridgehead atoms. The van der Waals surface area contributed by atoms with E-state index in [2.05, 4.69) is 39.3 Å². The van der Waals surface area contributed by atoms with Crippen molar-refractivity contribution in [3.8, 4) is 0 Å². The van der Waals surface area contributed by atoms with E-state index in [1.807, 2.05) is 42.5 Å². The van der Waals surface area contributed by atoms with Gasteiger partial charge in [-0.25, -0.2) is 0 Å². The van der Waals surface area contributed by atoms with Crippen LogP contribution < -0.4 is 10.6 Å². The normalized spacial score (nSPS) is 17.4. The van der Waals surface area contributed by atoms with Crippen molar-refractivity contribution in [3.05, 3.63) is 63.2 Å². The standard InChI is InChI=1S/C16H15IN2O/c17-12-5-3-6-13(10-12)19-16(20)15-14-7-2-1-4-11(14)8-9-18-15/h1-7,10,15,18H,8-9H2,(H,19,20). The monoisotopic (exact) mass is 378 g/mol. The molecule has 1 atom stereocenters. The van der Waals surface area contributed by atoms with Gasteiger partial charge in [-0.3, -0.25) is 4.79 Å². The molecule has 1 aliphatic heterocycles. The van der Waals surface area contributed by atoms with Gasteiger partial charge < -0.3 is 10.6 Å². The summed E-state index contributed by atoms with van der Waals surface area (Å²) in [5, 5.41) is 6.28. The number of anilines is 1. The SMILES string of the molecule is O=C(Nc1cccc(I)c1)C1NCCc2ccccc21. The molecular formula is C16H15IN2O. The van der Waals surface area contributed by atoms with Gasteiger partial charge in [0, 0.05) is 15.8 Å². The maximum atomic E-state index is 12.5. The first-order valence-corrected chi connectivity index (χ1v) is 7.69. The largest absolute Gasteiger partial charge is 0.324 e. The van der Waals surface area contributed by atoms with Crippen LogP contribution in [-0.4, -0.2) is 12.5 Å². The van der Waals surface area contributed by atoms with Crippen molar-refractivity contribution in [1.29, 1.82) is 0 Å². The maximum Gasteiger partial charge on any atom is 0.246 e. The summed E-state index contributed by atoms with van der Waals surface area (Å²) >= 11 is 2.24. The van der Waals surface area contributed by atoms with E-state index in [1.54, 1.807) is 0 Å². The van der Waals surface area contributed by atoms with Crippen LogP contribution in [-0.2, 0) is 11.2 Å². The van der Waals surface area contributed by atoms with E-state index in [-0.39, 0.29) is 11.9 Å². The second-order valence-corrected chi connectivity index (χ2v) is 6.08. The van der Waals surface area contributed by atoms with Gasteiger partial charge in [-0.2, -0.15) is 0 Å². The fourth-order valence-corrected chi connectivity index (χ4v) is 3.06. The number of halogens is 1. The van der Waals surface area contributed by atoms with E-state index in [4.69, 9.17) is 0 Å². The second kappa shape index (κ2) is 5.93. The fraction of sp³-hybridized carbons (Fsp3) is 0.188. The summed E-state index contributed by atoms with van der Waals surface area (Å²) in [6.07, 6.45) is 0.975. The molecule has 1 heterocycles. The molecule has 20 heavy (non-hydrogen) atoms. The Kier molecular flexibility index (Phi) is 4.03. The number of fused-ring (bicyclic) bond motifs is 1. The Morgan fingerprint density at radius 2 is 2.05 bits per heavy atom. The number of benzene rings is 2. The lowest BCUT2D eigenvalue weighted by Crippen LogP contribution is -2.38. The molecular weight excluding hydrogens is 363 g/mol. The highest BCUT2D eigenvalue weighted by molar-refractivity contribution is 14.1. The van der Waals surface area contributed by atoms with Crippen molar-refractivity contribution in [2.45, 2.75) is 12.5 Å². The molecule has 1 amide bonds. The van der Waals surface area contributed by atoms with Gasteiger partial charge >= 0.3 is 0 Å². The second-order valence-electron chi connectivity index (χ2n) is 4.84. The van der Waals surface area contributed by atoms with Crippen LogP contribution in [0.15, 0.2) is 48.5 Å². The minimum absolute atomic E-state index is 0.000787. The summed E-state index contributed by atoms with van der Waals surface area (Å²) in [7, 11) is 0. The van der Waals surface area contributed by atoms with Gasteiger partial charge in [0.15, 0.2) is 0 Å². The van der Waals surface area contributed by atoms with Gasteiger partial charge in [0.05, 0.1) is 0 Å². The highest BCUT2D eigenvalue weighted by Crippen LogP contribution is 2.24. The Labute approximate surface area is 131 Å². The lowest BCUT2D eigenvalue weighted by molar-refractivity contribution is -0.118. The van der Waals surface area contributed by atoms with Crippen LogP contribution in [0.5, 0.6) is 0 Å². The number of carbonyl (C=O) groups excluding carboxylic acids is 1. The van der Waals surface area contributed by atoms with Crippen molar-refractivity contribution in [2.75, 3.05) is 11.9 Å². The van der Waals surface area contributed by atoms with Crippen LogP contribution in [0.25, 0.3) is 0 Å². The maximum absolute atomic E-state index is 12.5. The summed E-state index contributed by atoms with van der Waals surface area (Å²) in [6.45, 7) is 0.835. The Hall–Kier alpha value is -1.40. The Bertz CT molecular complexity index is 642. The molecule has 2 aromatic carbocycles. The molecule has 3 rings (SSSR count). The number of nitrogens with one attached hydrogen (secondary N) is 2. The van der Waals surface area contributed by atoms with Gasteiger partial charge in [0.2, 0.25) is 5.91 Å². The number of carbonyl (C=O) groups is 1. The van der Waals surface area contributed by atoms with E-state index < -0.39 is 0 Å². The van der Waals surface area contributed by atoms with Crippen molar-refractivity contribution in [3.63, 3.8) is 0 Å². The van der Waals surface area contributed by atoms with Crippen molar-refractivity contribution in [2.24, 2.45) is 0 Å². The molecule has 0 aliphatic carbocycles. The predicted molar refractivity (Wildman–Crippen MR) is 88.7 cm³/mol. The van der Waals surface area contributed by atoms with Crippen molar-refractivity contribution in [1.82, 2.24) is 5.32 Å². The molecule has 2 N–H and O–H groups in total. The number of hydrogen-bond donors (Lipinski definition) is 2. The predicted octanol–water partition coefficient (Wildman–Crippen LogP) is 3.12. The molecule has 0 radical (unpaired) electrons. The van der Waals surface area contributed by atoms with Crippen molar-refractivity contribution < 1.29 is 4.79 Å². The summed E-state index contributed by atoms with van der Waals surface area (Å²) in [5.74, 6) is -0.000787. The number of rotatable bonds is 2. The molecule has 0 aromatic heterocycles. The Morgan fingerprint density at radius 1 is 1.20 bits per heavy atom.